The van der Waals surface area contributed by atoms with Gasteiger partial charge in [0.25, 0.3) is 0 Å². The van der Waals surface area contributed by atoms with Crippen molar-refractivity contribution in [3.8, 4) is 0 Å². The van der Waals surface area contributed by atoms with Crippen molar-refractivity contribution in [3.63, 3.8) is 0 Å². The molecule has 0 aliphatic rings. The lowest BCUT2D eigenvalue weighted by molar-refractivity contribution is 1.10. The van der Waals surface area contributed by atoms with Crippen molar-refractivity contribution in [3.05, 3.63) is 41.4 Å². The fourth-order valence-corrected chi connectivity index (χ4v) is 1.91. The lowest BCUT2D eigenvalue weighted by Crippen LogP contribution is -2.03. The van der Waals surface area contributed by atoms with Crippen LogP contribution in [0.15, 0.2) is 30.9 Å². The molecule has 0 bridgehead atoms. The van der Waals surface area contributed by atoms with Crippen LogP contribution < -0.4 is 11.1 Å². The second-order valence-electron chi connectivity index (χ2n) is 4.03. The van der Waals surface area contributed by atoms with Crippen molar-refractivity contribution >= 4 is 34.3 Å². The first-order valence-corrected chi connectivity index (χ1v) is 6.03. The van der Waals surface area contributed by atoms with E-state index in [1.54, 1.807) is 12.4 Å². The van der Waals surface area contributed by atoms with Gasteiger partial charge in [0.05, 0.1) is 17.0 Å². The number of anilines is 2. The predicted molar refractivity (Wildman–Crippen MR) is 74.9 cm³/mol. The van der Waals surface area contributed by atoms with E-state index in [1.165, 1.54) is 6.33 Å². The van der Waals surface area contributed by atoms with E-state index >= 15 is 0 Å². The number of halogens is 1. The average molecular weight is 275 g/mol. The third-order valence-electron chi connectivity index (χ3n) is 2.74. The Balaban J connectivity index is 1.82. The van der Waals surface area contributed by atoms with Crippen molar-refractivity contribution < 1.29 is 0 Å². The van der Waals surface area contributed by atoms with Crippen LogP contribution in [0.2, 0.25) is 5.02 Å². The lowest BCUT2D eigenvalue weighted by atomic mass is 10.2. The molecule has 4 N–H and O–H groups in total. The summed E-state index contributed by atoms with van der Waals surface area (Å²) in [5, 5.41) is 3.77. The molecule has 0 spiro atoms. The molecule has 0 aliphatic carbocycles. The normalized spacial score (nSPS) is 10.8. The number of hydrogen-bond acceptors (Lipinski definition) is 5. The zero-order chi connectivity index (χ0) is 13.2. The summed E-state index contributed by atoms with van der Waals surface area (Å²) in [5.41, 5.74) is 8.76. The monoisotopic (exact) mass is 274 g/mol. The summed E-state index contributed by atoms with van der Waals surface area (Å²) >= 11 is 5.88. The maximum atomic E-state index is 5.88. The lowest BCUT2D eigenvalue weighted by Gasteiger charge is -2.07. The Morgan fingerprint density at radius 2 is 2.16 bits per heavy atom. The van der Waals surface area contributed by atoms with Crippen molar-refractivity contribution in [1.29, 1.82) is 0 Å². The Hall–Kier alpha value is -2.34. The van der Waals surface area contributed by atoms with Crippen molar-refractivity contribution in [2.45, 2.75) is 6.54 Å². The van der Waals surface area contributed by atoms with Crippen LogP contribution in [0.3, 0.4) is 0 Å². The minimum atomic E-state index is 0.557. The third-order valence-corrected chi connectivity index (χ3v) is 3.09. The predicted octanol–water partition coefficient (Wildman–Crippen LogP) is 2.20. The third kappa shape index (κ3) is 2.30. The summed E-state index contributed by atoms with van der Waals surface area (Å²) in [6.07, 6.45) is 3.06. The van der Waals surface area contributed by atoms with E-state index in [-0.39, 0.29) is 0 Å². The molecular weight excluding hydrogens is 264 g/mol. The molecule has 19 heavy (non-hydrogen) atoms. The summed E-state index contributed by atoms with van der Waals surface area (Å²) < 4.78 is 0. The van der Waals surface area contributed by atoms with Gasteiger partial charge in [-0.3, -0.25) is 0 Å². The molecule has 0 saturated carbocycles. The zero-order valence-electron chi connectivity index (χ0n) is 9.89. The Morgan fingerprint density at radius 1 is 1.26 bits per heavy atom. The van der Waals surface area contributed by atoms with Crippen LogP contribution in [-0.2, 0) is 6.54 Å². The van der Waals surface area contributed by atoms with E-state index < -0.39 is 0 Å². The van der Waals surface area contributed by atoms with Crippen LogP contribution in [0.5, 0.6) is 0 Å². The Morgan fingerprint density at radius 3 is 3.00 bits per heavy atom. The summed E-state index contributed by atoms with van der Waals surface area (Å²) in [6, 6.07) is 5.53. The molecule has 0 unspecified atom stereocenters. The van der Waals surface area contributed by atoms with Crippen molar-refractivity contribution in [2.75, 3.05) is 11.1 Å². The molecule has 2 heterocycles. The molecule has 0 amide bonds. The van der Waals surface area contributed by atoms with Gasteiger partial charge >= 0.3 is 0 Å². The molecule has 0 saturated heterocycles. The molecule has 0 aliphatic heterocycles. The van der Waals surface area contributed by atoms with Crippen LogP contribution in [0.25, 0.3) is 11.2 Å². The number of imidazole rings is 1. The number of nitrogens with one attached hydrogen (secondary N) is 2. The number of rotatable bonds is 3. The maximum absolute atomic E-state index is 5.88. The molecule has 0 atom stereocenters. The number of benzene rings is 1. The van der Waals surface area contributed by atoms with Gasteiger partial charge in [-0.15, -0.1) is 0 Å². The first-order chi connectivity index (χ1) is 9.24. The minimum Gasteiger partial charge on any atom is -0.398 e. The topological polar surface area (TPSA) is 92.5 Å². The van der Waals surface area contributed by atoms with E-state index in [0.29, 0.717) is 28.7 Å². The number of aromatic nitrogens is 4. The quantitative estimate of drug-likeness (QED) is 0.637. The number of nitrogen functional groups attached to an aromatic ring is 1. The Kier molecular flexibility index (Phi) is 2.92. The largest absolute Gasteiger partial charge is 0.398 e. The fraction of sp³-hybridized carbons (Fsp3) is 0.0833. The van der Waals surface area contributed by atoms with Crippen LogP contribution in [0, 0.1) is 0 Å². The number of aromatic amines is 1. The van der Waals surface area contributed by atoms with Gasteiger partial charge in [0.15, 0.2) is 11.5 Å². The zero-order valence-corrected chi connectivity index (χ0v) is 10.6. The van der Waals surface area contributed by atoms with E-state index in [0.717, 1.165) is 11.1 Å². The van der Waals surface area contributed by atoms with Gasteiger partial charge in [-0.05, 0) is 17.7 Å². The summed E-state index contributed by atoms with van der Waals surface area (Å²) in [7, 11) is 0. The molecule has 96 valence electrons. The summed E-state index contributed by atoms with van der Waals surface area (Å²) in [6.45, 7) is 0.590. The summed E-state index contributed by atoms with van der Waals surface area (Å²) in [5.74, 6) is 0.705. The van der Waals surface area contributed by atoms with E-state index in [9.17, 15) is 0 Å². The Bertz CT molecular complexity index is 723. The van der Waals surface area contributed by atoms with Gasteiger partial charge in [0, 0.05) is 6.54 Å². The van der Waals surface area contributed by atoms with Crippen molar-refractivity contribution in [1.82, 2.24) is 19.9 Å². The van der Waals surface area contributed by atoms with Gasteiger partial charge in [-0.1, -0.05) is 17.7 Å². The molecule has 3 aromatic rings. The Labute approximate surface area is 114 Å². The molecule has 2 aromatic heterocycles. The highest BCUT2D eigenvalue weighted by molar-refractivity contribution is 6.33. The van der Waals surface area contributed by atoms with Crippen molar-refractivity contribution in [2.24, 2.45) is 0 Å². The number of nitrogens with two attached hydrogens (primary N) is 1. The molecule has 0 radical (unpaired) electrons. The van der Waals surface area contributed by atoms with E-state index in [1.807, 2.05) is 12.1 Å². The van der Waals surface area contributed by atoms with Crippen LogP contribution >= 0.6 is 11.6 Å². The molecule has 3 rings (SSSR count). The first kappa shape index (κ1) is 11.7. The van der Waals surface area contributed by atoms with Gasteiger partial charge in [-0.25, -0.2) is 15.0 Å². The summed E-state index contributed by atoms with van der Waals surface area (Å²) in [4.78, 5) is 15.3. The molecule has 0 fully saturated rings. The van der Waals surface area contributed by atoms with Gasteiger partial charge in [0.2, 0.25) is 0 Å². The van der Waals surface area contributed by atoms with Gasteiger partial charge < -0.3 is 16.0 Å². The number of nitrogens with zero attached hydrogens (tertiary/aromatic N) is 3. The standard InChI is InChI=1S/C12H11ClN6/c13-8-2-1-7(3-9(8)14)4-15-11-10-12(17-5-16-10)19-6-18-11/h1-3,5-6H,4,14H2,(H2,15,16,17,18,19). The number of fused-ring (bicyclic) bond motifs is 1. The molecule has 7 heteroatoms. The van der Waals surface area contributed by atoms with E-state index in [2.05, 4.69) is 25.3 Å². The maximum Gasteiger partial charge on any atom is 0.182 e. The second kappa shape index (κ2) is 4.74. The van der Waals surface area contributed by atoms with Crippen LogP contribution in [0.1, 0.15) is 5.56 Å². The highest BCUT2D eigenvalue weighted by atomic mass is 35.5. The SMILES string of the molecule is Nc1cc(CNc2ncnc3nc[nH]c23)ccc1Cl. The molecule has 1 aromatic carbocycles. The highest BCUT2D eigenvalue weighted by Crippen LogP contribution is 2.21. The van der Waals surface area contributed by atoms with Crippen LogP contribution in [0.4, 0.5) is 11.5 Å². The fourth-order valence-electron chi connectivity index (χ4n) is 1.79. The average Bonchev–Trinajstić information content (AvgIpc) is 2.89. The smallest absolute Gasteiger partial charge is 0.182 e. The molecule has 6 nitrogen and oxygen atoms in total. The number of hydrogen-bond donors (Lipinski definition) is 3. The highest BCUT2D eigenvalue weighted by Gasteiger charge is 2.05. The van der Waals surface area contributed by atoms with Gasteiger partial charge in [-0.2, -0.15) is 0 Å². The second-order valence-corrected chi connectivity index (χ2v) is 4.44. The van der Waals surface area contributed by atoms with E-state index in [4.69, 9.17) is 17.3 Å². The first-order valence-electron chi connectivity index (χ1n) is 5.66. The minimum absolute atomic E-state index is 0.557. The number of H-pyrrole nitrogens is 1. The molecular formula is C12H11ClN6. The van der Waals surface area contributed by atoms with Gasteiger partial charge in [0.1, 0.15) is 11.8 Å². The van der Waals surface area contributed by atoms with Crippen LogP contribution in [-0.4, -0.2) is 19.9 Å².